The van der Waals surface area contributed by atoms with Crippen LogP contribution in [0.1, 0.15) is 6.92 Å². The Kier molecular flexibility index (Phi) is 5.59. The molecule has 1 aliphatic heterocycles. The third-order valence-corrected chi connectivity index (χ3v) is 3.84. The van der Waals surface area contributed by atoms with E-state index < -0.39 is 22.8 Å². The molecular formula is C12H19ClN6O5. The molecule has 1 fully saturated rings. The summed E-state index contributed by atoms with van der Waals surface area (Å²) in [5, 5.41) is 35.3. The molecule has 2 unspecified atom stereocenters. The van der Waals surface area contributed by atoms with Crippen LogP contribution in [0.5, 0.6) is 0 Å². The summed E-state index contributed by atoms with van der Waals surface area (Å²) >= 11 is 5.86. The van der Waals surface area contributed by atoms with Gasteiger partial charge in [0.1, 0.15) is 6.20 Å². The van der Waals surface area contributed by atoms with E-state index in [0.29, 0.717) is 19.6 Å². The van der Waals surface area contributed by atoms with Gasteiger partial charge in [0, 0.05) is 26.2 Å². The van der Waals surface area contributed by atoms with Crippen LogP contribution < -0.4 is 10.6 Å². The van der Waals surface area contributed by atoms with Crippen LogP contribution in [0, 0.1) is 10.1 Å². The summed E-state index contributed by atoms with van der Waals surface area (Å²) in [6, 6.07) is 0. The molecule has 2 rings (SSSR count). The maximum atomic E-state index is 10.7. The molecule has 0 spiro atoms. The normalized spacial score (nSPS) is 21.2. The Morgan fingerprint density at radius 2 is 2.38 bits per heavy atom. The van der Waals surface area contributed by atoms with Crippen LogP contribution in [0.3, 0.4) is 0 Å². The lowest BCUT2D eigenvalue weighted by molar-refractivity contribution is -0.389. The highest BCUT2D eigenvalue weighted by molar-refractivity contribution is 6.28. The average Bonchev–Trinajstić information content (AvgIpc) is 2.78. The van der Waals surface area contributed by atoms with Crippen molar-refractivity contribution in [1.82, 2.24) is 25.1 Å². The SMILES string of the molecule is CC(O)(CN1CCNC(NC(=O)O)C1)Cn1cc([N+](=O)[O-])nc1Cl. The molecule has 4 N–H and O–H groups in total. The fourth-order valence-corrected chi connectivity index (χ4v) is 2.87. The van der Waals surface area contributed by atoms with E-state index in [4.69, 9.17) is 16.7 Å². The second-order valence-electron chi connectivity index (χ2n) is 5.94. The summed E-state index contributed by atoms with van der Waals surface area (Å²) in [7, 11) is 0. The molecule has 1 saturated heterocycles. The van der Waals surface area contributed by atoms with E-state index in [-0.39, 0.29) is 24.2 Å². The van der Waals surface area contributed by atoms with Crippen LogP contribution >= 0.6 is 11.6 Å². The Morgan fingerprint density at radius 1 is 1.67 bits per heavy atom. The van der Waals surface area contributed by atoms with Gasteiger partial charge in [0.15, 0.2) is 0 Å². The Bertz CT molecular complexity index is 621. The predicted octanol–water partition coefficient (Wildman–Crippen LogP) is -0.305. The van der Waals surface area contributed by atoms with Gasteiger partial charge >= 0.3 is 17.2 Å². The predicted molar refractivity (Wildman–Crippen MR) is 83.9 cm³/mol. The first-order valence-electron chi connectivity index (χ1n) is 7.21. The number of imidazole rings is 1. The molecule has 0 aromatic carbocycles. The molecule has 0 radical (unpaired) electrons. The topological polar surface area (TPSA) is 146 Å². The minimum absolute atomic E-state index is 0.0215. The number of carbonyl (C=O) groups is 1. The molecule has 2 heterocycles. The second kappa shape index (κ2) is 7.30. The lowest BCUT2D eigenvalue weighted by Crippen LogP contribution is -2.60. The van der Waals surface area contributed by atoms with Gasteiger partial charge in [-0.1, -0.05) is 0 Å². The number of β-amino-alcohol motifs (C(OH)–C–C–N with tert-alkyl or cyclic N) is 1. The number of nitrogens with zero attached hydrogens (tertiary/aromatic N) is 4. The molecule has 2 atom stereocenters. The average molecular weight is 363 g/mol. The van der Waals surface area contributed by atoms with E-state index in [1.54, 1.807) is 6.92 Å². The largest absolute Gasteiger partial charge is 0.465 e. The summed E-state index contributed by atoms with van der Waals surface area (Å²) in [6.45, 7) is 3.43. The second-order valence-corrected chi connectivity index (χ2v) is 6.28. The zero-order valence-corrected chi connectivity index (χ0v) is 13.7. The van der Waals surface area contributed by atoms with E-state index in [2.05, 4.69) is 15.6 Å². The Labute approximate surface area is 142 Å². The third kappa shape index (κ3) is 5.03. The highest BCUT2D eigenvalue weighted by Crippen LogP contribution is 2.19. The minimum Gasteiger partial charge on any atom is -0.465 e. The van der Waals surface area contributed by atoms with Crippen LogP contribution in [-0.4, -0.2) is 73.6 Å². The van der Waals surface area contributed by atoms with Crippen molar-refractivity contribution >= 4 is 23.5 Å². The number of amides is 1. The number of hydrogen-bond acceptors (Lipinski definition) is 7. The smallest absolute Gasteiger partial charge is 0.405 e. The highest BCUT2D eigenvalue weighted by atomic mass is 35.5. The first-order valence-corrected chi connectivity index (χ1v) is 7.59. The lowest BCUT2D eigenvalue weighted by atomic mass is 10.1. The van der Waals surface area contributed by atoms with Crippen molar-refractivity contribution in [3.05, 3.63) is 21.6 Å². The maximum Gasteiger partial charge on any atom is 0.405 e. The molecule has 1 aromatic heterocycles. The van der Waals surface area contributed by atoms with Gasteiger partial charge < -0.3 is 25.6 Å². The van der Waals surface area contributed by atoms with Crippen molar-refractivity contribution < 1.29 is 19.9 Å². The molecule has 134 valence electrons. The lowest BCUT2D eigenvalue weighted by Gasteiger charge is -2.37. The summed E-state index contributed by atoms with van der Waals surface area (Å²) in [5.41, 5.74) is -1.23. The number of nitro groups is 1. The van der Waals surface area contributed by atoms with Crippen molar-refractivity contribution in [2.75, 3.05) is 26.2 Å². The van der Waals surface area contributed by atoms with Gasteiger partial charge in [-0.2, -0.15) is 0 Å². The number of piperazine rings is 1. The summed E-state index contributed by atoms with van der Waals surface area (Å²) in [6.07, 6.45) is -0.382. The Hall–Kier alpha value is -1.95. The van der Waals surface area contributed by atoms with Crippen molar-refractivity contribution in [3.63, 3.8) is 0 Å². The fraction of sp³-hybridized carbons (Fsp3) is 0.667. The fourth-order valence-electron chi connectivity index (χ4n) is 2.68. The van der Waals surface area contributed by atoms with E-state index in [9.17, 15) is 20.0 Å². The van der Waals surface area contributed by atoms with E-state index in [1.807, 2.05) is 4.90 Å². The number of carboxylic acid groups (broad SMARTS) is 1. The number of aliphatic hydroxyl groups is 1. The van der Waals surface area contributed by atoms with Crippen LogP contribution in [0.2, 0.25) is 5.28 Å². The number of halogens is 1. The zero-order valence-electron chi connectivity index (χ0n) is 13.0. The molecule has 11 nitrogen and oxygen atoms in total. The first-order chi connectivity index (χ1) is 11.2. The molecule has 1 aromatic rings. The number of aromatic nitrogens is 2. The molecule has 1 amide bonds. The highest BCUT2D eigenvalue weighted by Gasteiger charge is 2.30. The van der Waals surface area contributed by atoms with Crippen LogP contribution in [0.25, 0.3) is 0 Å². The van der Waals surface area contributed by atoms with E-state index in [0.717, 1.165) is 0 Å². The van der Waals surface area contributed by atoms with Gasteiger partial charge in [-0.05, 0) is 28.4 Å². The van der Waals surface area contributed by atoms with Gasteiger partial charge in [-0.15, -0.1) is 0 Å². The van der Waals surface area contributed by atoms with Crippen LogP contribution in [0.15, 0.2) is 6.20 Å². The Balaban J connectivity index is 1.97. The van der Waals surface area contributed by atoms with Gasteiger partial charge in [0.25, 0.3) is 0 Å². The molecule has 1 aliphatic rings. The minimum atomic E-state index is -1.23. The van der Waals surface area contributed by atoms with Gasteiger partial charge in [0.05, 0.1) is 18.3 Å². The molecular weight excluding hydrogens is 344 g/mol. The maximum absolute atomic E-state index is 10.7. The third-order valence-electron chi connectivity index (χ3n) is 3.53. The number of rotatable bonds is 6. The van der Waals surface area contributed by atoms with Gasteiger partial charge in [-0.3, -0.25) is 14.8 Å². The molecule has 24 heavy (non-hydrogen) atoms. The quantitative estimate of drug-likeness (QED) is 0.398. The van der Waals surface area contributed by atoms with Crippen molar-refractivity contribution in [2.24, 2.45) is 0 Å². The van der Waals surface area contributed by atoms with Crippen LogP contribution in [-0.2, 0) is 6.54 Å². The standard InChI is InChI=1S/C12H19ClN6O5/c1-12(22,7-18-5-9(19(23)24)16-10(18)13)6-17-3-2-14-8(4-17)15-11(20)21/h5,8,14-15,22H,2-4,6-7H2,1H3,(H,20,21). The van der Waals surface area contributed by atoms with Gasteiger partial charge in [-0.25, -0.2) is 4.79 Å². The summed E-state index contributed by atoms with van der Waals surface area (Å²) < 4.78 is 1.31. The molecule has 0 bridgehead atoms. The van der Waals surface area contributed by atoms with E-state index in [1.165, 1.54) is 10.8 Å². The van der Waals surface area contributed by atoms with Crippen molar-refractivity contribution in [2.45, 2.75) is 25.2 Å². The monoisotopic (exact) mass is 362 g/mol. The van der Waals surface area contributed by atoms with Crippen LogP contribution in [0.4, 0.5) is 10.6 Å². The zero-order chi connectivity index (χ0) is 17.9. The summed E-state index contributed by atoms with van der Waals surface area (Å²) in [4.78, 5) is 26.3. The summed E-state index contributed by atoms with van der Waals surface area (Å²) in [5.74, 6) is -0.385. The van der Waals surface area contributed by atoms with Gasteiger partial charge in [0.2, 0.25) is 0 Å². The first kappa shape index (κ1) is 18.4. The molecule has 0 saturated carbocycles. The molecule has 12 heteroatoms. The van der Waals surface area contributed by atoms with E-state index >= 15 is 0 Å². The Morgan fingerprint density at radius 3 is 2.96 bits per heavy atom. The molecule has 0 aliphatic carbocycles. The number of hydrogen-bond donors (Lipinski definition) is 4. The van der Waals surface area contributed by atoms with Crippen molar-refractivity contribution in [3.8, 4) is 0 Å². The van der Waals surface area contributed by atoms with Crippen molar-refractivity contribution in [1.29, 1.82) is 0 Å². The number of nitrogens with one attached hydrogen (secondary N) is 2.